The number of aromatic hydroxyl groups is 1. The van der Waals surface area contributed by atoms with E-state index in [0.29, 0.717) is 18.5 Å². The molecule has 2 aliphatic rings. The van der Waals surface area contributed by atoms with Crippen molar-refractivity contribution in [3.05, 3.63) is 29.0 Å². The van der Waals surface area contributed by atoms with Gasteiger partial charge in [-0.25, -0.2) is 0 Å². The van der Waals surface area contributed by atoms with Crippen LogP contribution in [0.2, 0.25) is 0 Å². The van der Waals surface area contributed by atoms with Gasteiger partial charge in [0.05, 0.1) is 5.69 Å². The number of fused-ring (bicyclic) bond motifs is 2. The minimum Gasteiger partial charge on any atom is -0.505 e. The largest absolute Gasteiger partial charge is 0.505 e. The minimum absolute atomic E-state index is 0.140. The van der Waals surface area contributed by atoms with Crippen LogP contribution in [0.1, 0.15) is 31.4 Å². The third-order valence-electron chi connectivity index (χ3n) is 3.70. The smallest absolute Gasteiger partial charge is 0.227 e. The van der Waals surface area contributed by atoms with E-state index in [2.05, 4.69) is 0 Å². The van der Waals surface area contributed by atoms with E-state index < -0.39 is 0 Å². The van der Waals surface area contributed by atoms with E-state index in [-0.39, 0.29) is 17.6 Å². The molecule has 0 bridgehead atoms. The third-order valence-corrected chi connectivity index (χ3v) is 3.70. The summed E-state index contributed by atoms with van der Waals surface area (Å²) < 4.78 is 0. The lowest BCUT2D eigenvalue weighted by Crippen LogP contribution is -2.19. The Morgan fingerprint density at radius 2 is 2.00 bits per heavy atom. The Morgan fingerprint density at radius 1 is 1.32 bits per heavy atom. The number of allylic oxidation sites excluding steroid dienone is 1. The maximum Gasteiger partial charge on any atom is 0.227 e. The predicted molar refractivity (Wildman–Crippen MR) is 76.4 cm³/mol. The number of amides is 1. The Morgan fingerprint density at radius 3 is 2.68 bits per heavy atom. The fourth-order valence-electron chi connectivity index (χ4n) is 2.69. The number of benzene rings is 1. The van der Waals surface area contributed by atoms with Crippen molar-refractivity contribution in [3.63, 3.8) is 0 Å². The molecular formula is C15H20N2O2. The van der Waals surface area contributed by atoms with Gasteiger partial charge in [0.1, 0.15) is 5.75 Å². The summed E-state index contributed by atoms with van der Waals surface area (Å²) in [6.07, 6.45) is 3.19. The number of likely N-dealkylation sites (tertiary alicyclic amines) is 1. The molecule has 3 N–H and O–H groups in total. The molecule has 19 heavy (non-hydrogen) atoms. The molecule has 1 heterocycles. The minimum atomic E-state index is 0.140. The molecule has 0 saturated carbocycles. The number of nitrogens with zero attached hydrogens (tertiary/aromatic N) is 1. The molecule has 0 radical (unpaired) electrons. The summed E-state index contributed by atoms with van der Waals surface area (Å²) in [5.41, 5.74) is 8.96. The molecule has 0 spiro atoms. The molecule has 1 aliphatic heterocycles. The van der Waals surface area contributed by atoms with Crippen LogP contribution in [-0.2, 0) is 11.2 Å². The normalized spacial score (nSPS) is 20.2. The first-order valence-electron chi connectivity index (χ1n) is 6.66. The van der Waals surface area contributed by atoms with Crippen LogP contribution in [-0.4, -0.2) is 23.0 Å². The molecule has 1 aromatic carbocycles. The molecule has 1 amide bonds. The zero-order chi connectivity index (χ0) is 14.2. The quantitative estimate of drug-likeness (QED) is 0.556. The molecular weight excluding hydrogens is 240 g/mol. The summed E-state index contributed by atoms with van der Waals surface area (Å²) in [6.45, 7) is 4.00. The number of rotatable bonds is 0. The topological polar surface area (TPSA) is 66.6 Å². The van der Waals surface area contributed by atoms with Crippen molar-refractivity contribution in [3.8, 4) is 5.75 Å². The number of phenolic OH excluding ortho intramolecular Hbond substituents is 1. The number of phenols is 1. The van der Waals surface area contributed by atoms with Crippen molar-refractivity contribution >= 4 is 17.7 Å². The molecule has 4 nitrogen and oxygen atoms in total. The van der Waals surface area contributed by atoms with Crippen molar-refractivity contribution in [2.24, 2.45) is 5.92 Å². The Kier molecular flexibility index (Phi) is 3.51. The summed E-state index contributed by atoms with van der Waals surface area (Å²) >= 11 is 0. The van der Waals surface area contributed by atoms with Gasteiger partial charge < -0.3 is 15.7 Å². The van der Waals surface area contributed by atoms with E-state index in [1.54, 1.807) is 18.0 Å². The number of nitrogen functional groups attached to an aromatic ring is 1. The van der Waals surface area contributed by atoms with Gasteiger partial charge in [-0.05, 0) is 24.1 Å². The van der Waals surface area contributed by atoms with Crippen LogP contribution in [0.3, 0.4) is 0 Å². The van der Waals surface area contributed by atoms with Crippen molar-refractivity contribution in [1.29, 1.82) is 0 Å². The van der Waals surface area contributed by atoms with Gasteiger partial charge in [-0.2, -0.15) is 0 Å². The first-order chi connectivity index (χ1) is 9.08. The van der Waals surface area contributed by atoms with Crippen molar-refractivity contribution in [1.82, 2.24) is 4.90 Å². The summed E-state index contributed by atoms with van der Waals surface area (Å²) in [5, 5.41) is 9.94. The fraction of sp³-hybridized carbons (Fsp3) is 0.400. The van der Waals surface area contributed by atoms with Crippen molar-refractivity contribution in [2.75, 3.05) is 12.8 Å². The molecule has 1 aliphatic carbocycles. The lowest BCUT2D eigenvalue weighted by atomic mass is 9.86. The Hall–Kier alpha value is -1.97. The molecule has 1 fully saturated rings. The second-order valence-electron chi connectivity index (χ2n) is 4.70. The predicted octanol–water partition coefficient (Wildman–Crippen LogP) is 2.38. The van der Waals surface area contributed by atoms with E-state index in [1.165, 1.54) is 0 Å². The maximum atomic E-state index is 11.6. The molecule has 3 rings (SSSR count). The van der Waals surface area contributed by atoms with Gasteiger partial charge >= 0.3 is 0 Å². The first kappa shape index (κ1) is 13.5. The number of anilines is 1. The van der Waals surface area contributed by atoms with Gasteiger partial charge in [-0.3, -0.25) is 4.79 Å². The van der Waals surface area contributed by atoms with Crippen LogP contribution in [0.25, 0.3) is 6.08 Å². The van der Waals surface area contributed by atoms with E-state index in [0.717, 1.165) is 16.8 Å². The van der Waals surface area contributed by atoms with Gasteiger partial charge in [0.15, 0.2) is 0 Å². The van der Waals surface area contributed by atoms with Gasteiger partial charge in [-0.1, -0.05) is 19.9 Å². The molecule has 1 unspecified atom stereocenters. The summed E-state index contributed by atoms with van der Waals surface area (Å²) in [6, 6.07) is 3.59. The average molecular weight is 260 g/mol. The number of carbonyl (C=O) groups is 1. The van der Waals surface area contributed by atoms with Crippen LogP contribution >= 0.6 is 0 Å². The highest BCUT2D eigenvalue weighted by Gasteiger charge is 2.35. The second-order valence-corrected chi connectivity index (χ2v) is 4.70. The SMILES string of the molecule is CC.CN1C(=O)CC2Cc3c(ccc(N)c3O)C=C21. The lowest BCUT2D eigenvalue weighted by molar-refractivity contribution is -0.125. The number of carbonyl (C=O) groups excluding carboxylic acids is 1. The van der Waals surface area contributed by atoms with Gasteiger partial charge in [0.25, 0.3) is 0 Å². The number of hydrogen-bond donors (Lipinski definition) is 2. The molecule has 0 aromatic heterocycles. The molecule has 4 heteroatoms. The van der Waals surface area contributed by atoms with Gasteiger partial charge in [0.2, 0.25) is 5.91 Å². The Bertz CT molecular complexity index is 549. The molecule has 1 atom stereocenters. The zero-order valence-electron chi connectivity index (χ0n) is 11.6. The van der Waals surface area contributed by atoms with Crippen molar-refractivity contribution in [2.45, 2.75) is 26.7 Å². The highest BCUT2D eigenvalue weighted by Crippen LogP contribution is 2.41. The third kappa shape index (κ3) is 2.07. The van der Waals surface area contributed by atoms with Gasteiger partial charge in [0, 0.05) is 30.6 Å². The highest BCUT2D eigenvalue weighted by molar-refractivity contribution is 5.85. The summed E-state index contributed by atoms with van der Waals surface area (Å²) in [4.78, 5) is 13.4. The first-order valence-corrected chi connectivity index (χ1v) is 6.66. The van der Waals surface area contributed by atoms with E-state index in [1.807, 2.05) is 26.0 Å². The van der Waals surface area contributed by atoms with Crippen LogP contribution in [0.5, 0.6) is 5.75 Å². The van der Waals surface area contributed by atoms with Crippen LogP contribution < -0.4 is 5.73 Å². The fourth-order valence-corrected chi connectivity index (χ4v) is 2.69. The van der Waals surface area contributed by atoms with E-state index >= 15 is 0 Å². The number of nitrogens with two attached hydrogens (primary N) is 1. The van der Waals surface area contributed by atoms with Crippen LogP contribution in [0.4, 0.5) is 5.69 Å². The summed E-state index contributed by atoms with van der Waals surface area (Å²) in [5.74, 6) is 0.494. The lowest BCUT2D eigenvalue weighted by Gasteiger charge is -2.23. The monoisotopic (exact) mass is 260 g/mol. The number of hydrogen-bond acceptors (Lipinski definition) is 3. The maximum absolute atomic E-state index is 11.6. The van der Waals surface area contributed by atoms with Gasteiger partial charge in [-0.15, -0.1) is 0 Å². The zero-order valence-corrected chi connectivity index (χ0v) is 11.6. The van der Waals surface area contributed by atoms with E-state index in [9.17, 15) is 9.90 Å². The van der Waals surface area contributed by atoms with Crippen LogP contribution in [0, 0.1) is 5.92 Å². The molecule has 1 saturated heterocycles. The molecule has 1 aromatic rings. The Balaban J connectivity index is 0.000000637. The second kappa shape index (κ2) is 4.96. The Labute approximate surface area is 113 Å². The standard InChI is InChI=1S/C13H14N2O2.C2H6/c1-15-11-5-7-2-3-10(14)13(17)9(7)4-8(11)6-12(15)16;1-2/h2-3,5,8,17H,4,6,14H2,1H3;1-2H3. The highest BCUT2D eigenvalue weighted by atomic mass is 16.3. The van der Waals surface area contributed by atoms with Crippen LogP contribution in [0.15, 0.2) is 17.8 Å². The molecule has 102 valence electrons. The summed E-state index contributed by atoms with van der Waals surface area (Å²) in [7, 11) is 1.80. The van der Waals surface area contributed by atoms with E-state index in [4.69, 9.17) is 5.73 Å². The average Bonchev–Trinajstić information content (AvgIpc) is 2.70. The van der Waals surface area contributed by atoms with Crippen molar-refractivity contribution < 1.29 is 9.90 Å².